The maximum atomic E-state index is 7.59. The number of amidine groups is 1. The number of hydrogen-bond acceptors (Lipinski definition) is 2. The zero-order chi connectivity index (χ0) is 13.0. The van der Waals surface area contributed by atoms with E-state index in [-0.39, 0.29) is 5.84 Å². The minimum atomic E-state index is -0.00802. The summed E-state index contributed by atoms with van der Waals surface area (Å²) < 4.78 is 1.88. The number of fused-ring (bicyclic) bond motifs is 1. The second-order valence-electron chi connectivity index (χ2n) is 4.23. The molecule has 0 atom stereocenters. The first-order valence-electron chi connectivity index (χ1n) is 6.22. The van der Waals surface area contributed by atoms with Gasteiger partial charge in [-0.1, -0.05) is 38.0 Å². The fourth-order valence-corrected chi connectivity index (χ4v) is 1.89. The van der Waals surface area contributed by atoms with E-state index in [2.05, 4.69) is 18.0 Å². The van der Waals surface area contributed by atoms with Gasteiger partial charge in [0.15, 0.2) is 11.7 Å². The number of unbranched alkanes of at least 4 members (excludes halogenated alkanes) is 2. The van der Waals surface area contributed by atoms with Gasteiger partial charge in [-0.25, -0.2) is 4.98 Å². The van der Waals surface area contributed by atoms with Crippen LogP contribution in [0.2, 0.25) is 0 Å². The molecule has 3 N–H and O–H groups in total. The monoisotopic (exact) mass is 242 g/mol. The first-order chi connectivity index (χ1) is 8.74. The van der Waals surface area contributed by atoms with Crippen LogP contribution in [0.4, 0.5) is 0 Å². The van der Waals surface area contributed by atoms with Crippen LogP contribution in [0.1, 0.15) is 32.0 Å². The summed E-state index contributed by atoms with van der Waals surface area (Å²) in [6, 6.07) is 7.81. The molecule has 0 unspecified atom stereocenters. The van der Waals surface area contributed by atoms with Crippen LogP contribution < -0.4 is 5.73 Å². The van der Waals surface area contributed by atoms with Crippen LogP contribution in [0, 0.1) is 5.41 Å². The van der Waals surface area contributed by atoms with Crippen LogP contribution >= 0.6 is 0 Å². The van der Waals surface area contributed by atoms with E-state index in [1.807, 2.05) is 35.0 Å². The summed E-state index contributed by atoms with van der Waals surface area (Å²) in [5.74, 6) is 0.496. The Balaban J connectivity index is 2.42. The van der Waals surface area contributed by atoms with E-state index in [0.717, 1.165) is 17.5 Å². The molecule has 0 saturated carbocycles. The lowest BCUT2D eigenvalue weighted by Gasteiger charge is -2.01. The Labute approximate surface area is 107 Å². The third-order valence-electron chi connectivity index (χ3n) is 2.82. The maximum absolute atomic E-state index is 7.59. The summed E-state index contributed by atoms with van der Waals surface area (Å²) in [6.45, 7) is 2.17. The van der Waals surface area contributed by atoms with Gasteiger partial charge in [0.05, 0.1) is 11.0 Å². The molecule has 0 saturated heterocycles. The largest absolute Gasteiger partial charge is 0.381 e. The summed E-state index contributed by atoms with van der Waals surface area (Å²) in [5.41, 5.74) is 7.42. The van der Waals surface area contributed by atoms with Crippen molar-refractivity contribution in [1.29, 1.82) is 5.41 Å². The standard InChI is InChI=1S/C14H18N4/c1-2-3-4-7-10-18-12-9-6-5-8-11(12)17-14(18)13(15)16/h5-10H,2-4H2,1H3,(H3,15,16)/b10-7+. The molecule has 2 rings (SSSR count). The van der Waals surface area contributed by atoms with Crippen molar-refractivity contribution >= 4 is 23.1 Å². The van der Waals surface area contributed by atoms with Crippen molar-refractivity contribution in [3.8, 4) is 0 Å². The Hall–Kier alpha value is -2.10. The smallest absolute Gasteiger partial charge is 0.180 e. The van der Waals surface area contributed by atoms with Crippen LogP contribution in [0.15, 0.2) is 30.3 Å². The number of para-hydroxylation sites is 2. The van der Waals surface area contributed by atoms with Crippen LogP contribution in [-0.4, -0.2) is 15.4 Å². The second-order valence-corrected chi connectivity index (χ2v) is 4.23. The average molecular weight is 242 g/mol. The van der Waals surface area contributed by atoms with Crippen molar-refractivity contribution in [2.75, 3.05) is 0 Å². The Morgan fingerprint density at radius 2 is 2.22 bits per heavy atom. The average Bonchev–Trinajstić information content (AvgIpc) is 2.74. The van der Waals surface area contributed by atoms with Gasteiger partial charge in [0.25, 0.3) is 0 Å². The van der Waals surface area contributed by atoms with Crippen LogP contribution in [0.3, 0.4) is 0 Å². The predicted octanol–water partition coefficient (Wildman–Crippen LogP) is 2.98. The van der Waals surface area contributed by atoms with Crippen molar-refractivity contribution < 1.29 is 0 Å². The molecule has 0 spiro atoms. The predicted molar refractivity (Wildman–Crippen MR) is 75.6 cm³/mol. The molecule has 4 heteroatoms. The molecule has 0 radical (unpaired) electrons. The lowest BCUT2D eigenvalue weighted by atomic mass is 10.2. The molecule has 1 aromatic heterocycles. The number of imidazole rings is 1. The van der Waals surface area contributed by atoms with Gasteiger partial charge < -0.3 is 5.73 Å². The van der Waals surface area contributed by atoms with E-state index in [9.17, 15) is 0 Å². The highest BCUT2D eigenvalue weighted by Crippen LogP contribution is 2.16. The molecular formula is C14H18N4. The normalized spacial score (nSPS) is 11.4. The zero-order valence-corrected chi connectivity index (χ0v) is 10.6. The first kappa shape index (κ1) is 12.4. The number of rotatable bonds is 5. The highest BCUT2D eigenvalue weighted by atomic mass is 15.1. The highest BCUT2D eigenvalue weighted by Gasteiger charge is 2.09. The zero-order valence-electron chi connectivity index (χ0n) is 10.6. The molecule has 1 heterocycles. The Bertz CT molecular complexity index is 580. The molecule has 0 amide bonds. The summed E-state index contributed by atoms with van der Waals surface area (Å²) in [7, 11) is 0. The lowest BCUT2D eigenvalue weighted by molar-refractivity contribution is 0.815. The summed E-state index contributed by atoms with van der Waals surface area (Å²) >= 11 is 0. The summed E-state index contributed by atoms with van der Waals surface area (Å²) in [6.07, 6.45) is 7.43. The van der Waals surface area contributed by atoms with E-state index >= 15 is 0 Å². The van der Waals surface area contributed by atoms with Crippen LogP contribution in [0.5, 0.6) is 0 Å². The van der Waals surface area contributed by atoms with Crippen LogP contribution in [-0.2, 0) is 0 Å². The van der Waals surface area contributed by atoms with Crippen molar-refractivity contribution in [1.82, 2.24) is 9.55 Å². The van der Waals surface area contributed by atoms with E-state index in [0.29, 0.717) is 5.82 Å². The van der Waals surface area contributed by atoms with Gasteiger partial charge in [-0.3, -0.25) is 9.98 Å². The van der Waals surface area contributed by atoms with Crippen molar-refractivity contribution in [2.24, 2.45) is 5.73 Å². The molecule has 1 aromatic carbocycles. The second kappa shape index (κ2) is 5.49. The van der Waals surface area contributed by atoms with Crippen LogP contribution in [0.25, 0.3) is 17.2 Å². The third kappa shape index (κ3) is 2.42. The number of nitrogens with two attached hydrogens (primary N) is 1. The first-order valence-corrected chi connectivity index (χ1v) is 6.22. The number of benzene rings is 1. The topological polar surface area (TPSA) is 67.7 Å². The van der Waals surface area contributed by atoms with Gasteiger partial charge in [0, 0.05) is 6.20 Å². The molecular weight excluding hydrogens is 224 g/mol. The number of nitrogen functional groups attached to an aromatic ring is 1. The molecule has 94 valence electrons. The minimum absolute atomic E-state index is 0.00802. The van der Waals surface area contributed by atoms with E-state index in [1.54, 1.807) is 0 Å². The minimum Gasteiger partial charge on any atom is -0.381 e. The van der Waals surface area contributed by atoms with Gasteiger partial charge in [0.1, 0.15) is 0 Å². The molecule has 0 bridgehead atoms. The van der Waals surface area contributed by atoms with Crippen molar-refractivity contribution in [3.63, 3.8) is 0 Å². The van der Waals surface area contributed by atoms with Gasteiger partial charge >= 0.3 is 0 Å². The highest BCUT2D eigenvalue weighted by molar-refractivity contribution is 5.96. The molecule has 4 nitrogen and oxygen atoms in total. The molecule has 0 aliphatic rings. The van der Waals surface area contributed by atoms with Crippen molar-refractivity contribution in [3.05, 3.63) is 36.2 Å². The summed E-state index contributed by atoms with van der Waals surface area (Å²) in [4.78, 5) is 4.37. The molecule has 18 heavy (non-hydrogen) atoms. The number of nitrogens with zero attached hydrogens (tertiary/aromatic N) is 2. The molecule has 2 aromatic rings. The van der Waals surface area contributed by atoms with E-state index in [4.69, 9.17) is 11.1 Å². The number of nitrogens with one attached hydrogen (secondary N) is 1. The maximum Gasteiger partial charge on any atom is 0.180 e. The Kier molecular flexibility index (Phi) is 3.77. The van der Waals surface area contributed by atoms with Gasteiger partial charge in [-0.05, 0) is 18.6 Å². The van der Waals surface area contributed by atoms with Gasteiger partial charge in [0.2, 0.25) is 0 Å². The number of aromatic nitrogens is 2. The fraction of sp³-hybridized carbons (Fsp3) is 0.286. The number of allylic oxidation sites excluding steroid dienone is 1. The third-order valence-corrected chi connectivity index (χ3v) is 2.82. The molecule has 0 fully saturated rings. The fourth-order valence-electron chi connectivity index (χ4n) is 1.89. The van der Waals surface area contributed by atoms with Crippen molar-refractivity contribution in [2.45, 2.75) is 26.2 Å². The Morgan fingerprint density at radius 1 is 1.44 bits per heavy atom. The molecule has 0 aliphatic heterocycles. The number of hydrogen-bond donors (Lipinski definition) is 2. The quantitative estimate of drug-likeness (QED) is 0.481. The molecule has 0 aliphatic carbocycles. The SMILES string of the molecule is CCCC/C=C/n1c(C(=N)N)nc2ccccc21. The summed E-state index contributed by atoms with van der Waals surface area (Å²) in [5, 5.41) is 7.59. The Morgan fingerprint density at radius 3 is 2.94 bits per heavy atom. The van der Waals surface area contributed by atoms with Gasteiger partial charge in [-0.15, -0.1) is 0 Å². The van der Waals surface area contributed by atoms with Gasteiger partial charge in [-0.2, -0.15) is 0 Å². The lowest BCUT2D eigenvalue weighted by Crippen LogP contribution is -2.16. The van der Waals surface area contributed by atoms with E-state index in [1.165, 1.54) is 12.8 Å². The van der Waals surface area contributed by atoms with E-state index < -0.39 is 0 Å².